The average Bonchev–Trinajstić information content (AvgIpc) is 2.83. The van der Waals surface area contributed by atoms with Crippen LogP contribution in [0.3, 0.4) is 0 Å². The second-order valence-corrected chi connectivity index (χ2v) is 8.62. The molecule has 6 nitrogen and oxygen atoms in total. The molecular formula is C27H24N4O2. The van der Waals surface area contributed by atoms with Gasteiger partial charge in [-0.05, 0) is 67.6 Å². The van der Waals surface area contributed by atoms with Gasteiger partial charge in [-0.3, -0.25) is 4.79 Å². The molecule has 0 atom stereocenters. The summed E-state index contributed by atoms with van der Waals surface area (Å²) < 4.78 is 6.13. The van der Waals surface area contributed by atoms with Gasteiger partial charge in [0.1, 0.15) is 23.0 Å². The summed E-state index contributed by atoms with van der Waals surface area (Å²) in [5.41, 5.74) is 4.16. The van der Waals surface area contributed by atoms with Crippen molar-refractivity contribution in [1.29, 1.82) is 0 Å². The number of H-pyrrole nitrogens is 1. The number of rotatable bonds is 3. The Hall–Kier alpha value is -3.93. The molecular weight excluding hydrogens is 412 g/mol. The van der Waals surface area contributed by atoms with Gasteiger partial charge in [-0.15, -0.1) is 0 Å². The second kappa shape index (κ2) is 8.20. The van der Waals surface area contributed by atoms with Gasteiger partial charge < -0.3 is 9.64 Å². The molecule has 0 bridgehead atoms. The quantitative estimate of drug-likeness (QED) is 0.391. The monoisotopic (exact) mass is 436 g/mol. The van der Waals surface area contributed by atoms with Crippen molar-refractivity contribution >= 4 is 16.6 Å². The number of hydrogen-bond acceptors (Lipinski definition) is 5. The van der Waals surface area contributed by atoms with Crippen molar-refractivity contribution in [3.8, 4) is 22.8 Å². The number of fused-ring (bicyclic) bond motifs is 2. The molecule has 2 aromatic heterocycles. The van der Waals surface area contributed by atoms with Crippen LogP contribution in [0.4, 0.5) is 5.82 Å². The number of aromatic amines is 1. The third-order valence-corrected chi connectivity index (χ3v) is 6.47. The van der Waals surface area contributed by atoms with E-state index in [9.17, 15) is 4.79 Å². The zero-order valence-electron chi connectivity index (χ0n) is 18.3. The van der Waals surface area contributed by atoms with Crippen LogP contribution in [0.25, 0.3) is 22.0 Å². The van der Waals surface area contributed by atoms with Gasteiger partial charge in [0.05, 0.1) is 10.8 Å². The van der Waals surface area contributed by atoms with E-state index in [1.807, 2.05) is 42.6 Å². The minimum atomic E-state index is -0.198. The third-order valence-electron chi connectivity index (χ3n) is 6.47. The number of aromatic nitrogens is 3. The Morgan fingerprint density at radius 2 is 2.00 bits per heavy atom. The summed E-state index contributed by atoms with van der Waals surface area (Å²) in [4.78, 5) is 19.2. The summed E-state index contributed by atoms with van der Waals surface area (Å²) >= 11 is 0. The van der Waals surface area contributed by atoms with E-state index in [1.54, 1.807) is 0 Å². The van der Waals surface area contributed by atoms with E-state index < -0.39 is 0 Å². The fourth-order valence-corrected chi connectivity index (χ4v) is 4.82. The molecule has 4 heterocycles. The summed E-state index contributed by atoms with van der Waals surface area (Å²) in [7, 11) is 0. The van der Waals surface area contributed by atoms with Crippen molar-refractivity contribution in [1.82, 2.24) is 15.2 Å². The molecule has 0 radical (unpaired) electrons. The van der Waals surface area contributed by atoms with Crippen molar-refractivity contribution in [2.45, 2.75) is 25.7 Å². The Morgan fingerprint density at radius 3 is 2.91 bits per heavy atom. The van der Waals surface area contributed by atoms with E-state index in [0.717, 1.165) is 67.0 Å². The Kier molecular flexibility index (Phi) is 4.91. The molecule has 0 amide bonds. The van der Waals surface area contributed by atoms with Crippen LogP contribution < -0.4 is 15.2 Å². The number of nitrogens with zero attached hydrogens (tertiary/aromatic N) is 3. The van der Waals surface area contributed by atoms with E-state index in [-0.39, 0.29) is 5.56 Å². The minimum absolute atomic E-state index is 0.198. The van der Waals surface area contributed by atoms with Crippen LogP contribution >= 0.6 is 0 Å². The molecule has 0 unspecified atom stereocenters. The van der Waals surface area contributed by atoms with Gasteiger partial charge in [0.25, 0.3) is 5.56 Å². The van der Waals surface area contributed by atoms with Crippen LogP contribution in [0.2, 0.25) is 0 Å². The molecule has 6 rings (SSSR count). The minimum Gasteiger partial charge on any atom is -0.456 e. The van der Waals surface area contributed by atoms with Gasteiger partial charge in [-0.1, -0.05) is 29.8 Å². The molecule has 0 saturated carbocycles. The van der Waals surface area contributed by atoms with Gasteiger partial charge in [0.15, 0.2) is 0 Å². The standard InChI is InChI=1S/C27H24N4O2/c32-27-20-7-5-8-23-25(20)26(29-30-27)21-17-19(10-11-22(21)33-23)16-18-6-2-4-14-31(15-12-18)24-9-1-3-13-28-24/h1,3,5-11,13,17H,2,4,12,14-16H2,(H,30,32)/b18-6+. The number of hydrogen-bond donors (Lipinski definition) is 1. The Labute approximate surface area is 191 Å². The smallest absolute Gasteiger partial charge is 0.272 e. The fourth-order valence-electron chi connectivity index (χ4n) is 4.82. The Balaban J connectivity index is 1.29. The predicted octanol–water partition coefficient (Wildman–Crippen LogP) is 5.25. The van der Waals surface area contributed by atoms with Crippen LogP contribution in [-0.4, -0.2) is 28.3 Å². The van der Waals surface area contributed by atoms with Crippen LogP contribution in [-0.2, 0) is 6.42 Å². The lowest BCUT2D eigenvalue weighted by Gasteiger charge is -2.26. The van der Waals surface area contributed by atoms with E-state index in [1.165, 1.54) is 11.1 Å². The van der Waals surface area contributed by atoms with Crippen molar-refractivity contribution in [3.63, 3.8) is 0 Å². The molecule has 164 valence electrons. The molecule has 0 saturated heterocycles. The molecule has 2 aromatic carbocycles. The summed E-state index contributed by atoms with van der Waals surface area (Å²) in [6.07, 6.45) is 8.35. The topological polar surface area (TPSA) is 71.1 Å². The first kappa shape index (κ1) is 19.7. The molecule has 33 heavy (non-hydrogen) atoms. The summed E-state index contributed by atoms with van der Waals surface area (Å²) in [6, 6.07) is 17.9. The van der Waals surface area contributed by atoms with Crippen LogP contribution in [0.15, 0.2) is 77.2 Å². The van der Waals surface area contributed by atoms with Gasteiger partial charge in [-0.2, -0.15) is 5.10 Å². The lowest BCUT2D eigenvalue weighted by Crippen LogP contribution is -2.28. The average molecular weight is 437 g/mol. The SMILES string of the molecule is O=c1[nH]nc2c3c(cccc13)Oc1ccc(C/C3=C/CCCN(c4ccccn4)CC3)cc1-2. The Morgan fingerprint density at radius 1 is 1.03 bits per heavy atom. The van der Waals surface area contributed by atoms with Crippen LogP contribution in [0.5, 0.6) is 11.5 Å². The second-order valence-electron chi connectivity index (χ2n) is 8.62. The van der Waals surface area contributed by atoms with Gasteiger partial charge in [-0.25, -0.2) is 10.1 Å². The molecule has 6 heteroatoms. The maximum atomic E-state index is 12.3. The predicted molar refractivity (Wildman–Crippen MR) is 130 cm³/mol. The van der Waals surface area contributed by atoms with Crippen LogP contribution in [0.1, 0.15) is 24.8 Å². The van der Waals surface area contributed by atoms with Gasteiger partial charge >= 0.3 is 0 Å². The summed E-state index contributed by atoms with van der Waals surface area (Å²) in [5, 5.41) is 8.42. The molecule has 2 aliphatic heterocycles. The summed E-state index contributed by atoms with van der Waals surface area (Å²) in [5.74, 6) is 2.50. The molecule has 4 aromatic rings. The zero-order chi connectivity index (χ0) is 22.2. The molecule has 1 N–H and O–H groups in total. The number of pyridine rings is 1. The van der Waals surface area contributed by atoms with Crippen molar-refractivity contribution in [2.24, 2.45) is 0 Å². The first-order valence-corrected chi connectivity index (χ1v) is 11.4. The molecule has 0 fully saturated rings. The highest BCUT2D eigenvalue weighted by Gasteiger charge is 2.23. The van der Waals surface area contributed by atoms with E-state index in [2.05, 4.69) is 44.4 Å². The zero-order valence-corrected chi connectivity index (χ0v) is 18.3. The largest absolute Gasteiger partial charge is 0.456 e. The third kappa shape index (κ3) is 3.67. The first-order valence-electron chi connectivity index (χ1n) is 11.4. The van der Waals surface area contributed by atoms with E-state index >= 15 is 0 Å². The highest BCUT2D eigenvalue weighted by atomic mass is 16.5. The van der Waals surface area contributed by atoms with E-state index in [0.29, 0.717) is 11.1 Å². The number of nitrogens with one attached hydrogen (secondary N) is 1. The fraction of sp³-hybridized carbons (Fsp3) is 0.222. The van der Waals surface area contributed by atoms with Gasteiger partial charge in [0, 0.05) is 24.8 Å². The summed E-state index contributed by atoms with van der Waals surface area (Å²) in [6.45, 7) is 2.00. The number of benzene rings is 2. The maximum absolute atomic E-state index is 12.3. The molecule has 0 aliphatic carbocycles. The number of anilines is 1. The van der Waals surface area contributed by atoms with Gasteiger partial charge in [0.2, 0.25) is 0 Å². The highest BCUT2D eigenvalue weighted by Crippen LogP contribution is 2.44. The lowest BCUT2D eigenvalue weighted by atomic mass is 9.95. The normalized spacial score (nSPS) is 16.8. The highest BCUT2D eigenvalue weighted by molar-refractivity contribution is 6.01. The molecule has 2 aliphatic rings. The first-order chi connectivity index (χ1) is 16.3. The lowest BCUT2D eigenvalue weighted by molar-refractivity contribution is 0.486. The van der Waals surface area contributed by atoms with Crippen molar-refractivity contribution < 1.29 is 4.74 Å². The number of ether oxygens (including phenoxy) is 1. The number of allylic oxidation sites excluding steroid dienone is 1. The van der Waals surface area contributed by atoms with Crippen molar-refractivity contribution in [3.05, 3.63) is 88.4 Å². The Bertz CT molecular complexity index is 1430. The molecule has 0 spiro atoms. The van der Waals surface area contributed by atoms with Crippen molar-refractivity contribution in [2.75, 3.05) is 18.0 Å². The maximum Gasteiger partial charge on any atom is 0.272 e. The van der Waals surface area contributed by atoms with Crippen LogP contribution in [0, 0.1) is 0 Å². The van der Waals surface area contributed by atoms with E-state index in [4.69, 9.17) is 4.74 Å².